The minimum absolute atomic E-state index is 0.279. The van der Waals surface area contributed by atoms with Crippen LogP contribution < -0.4 is 16.0 Å². The van der Waals surface area contributed by atoms with Crippen LogP contribution in [0.2, 0.25) is 5.02 Å². The summed E-state index contributed by atoms with van der Waals surface area (Å²) in [4.78, 5) is 27.9. The first-order chi connectivity index (χ1) is 13.1. The van der Waals surface area contributed by atoms with E-state index in [2.05, 4.69) is 20.3 Å². The number of carbonyl (C=O) groups is 1. The Balaban J connectivity index is 1.56. The first kappa shape index (κ1) is 17.7. The van der Waals surface area contributed by atoms with Crippen molar-refractivity contribution in [2.75, 3.05) is 16.8 Å². The van der Waals surface area contributed by atoms with E-state index < -0.39 is 0 Å². The SMILES string of the molecule is NC(=O)C1CCCN1c1ncc(-c2cccc(Nc3cc(Cl)ccn3)n2)s1. The van der Waals surface area contributed by atoms with Crippen molar-refractivity contribution in [2.24, 2.45) is 5.73 Å². The summed E-state index contributed by atoms with van der Waals surface area (Å²) in [5, 5.41) is 4.54. The fourth-order valence-electron chi connectivity index (χ4n) is 3.05. The summed E-state index contributed by atoms with van der Waals surface area (Å²) in [5.74, 6) is 0.981. The molecule has 9 heteroatoms. The molecule has 0 saturated carbocycles. The lowest BCUT2D eigenvalue weighted by molar-refractivity contribution is -0.119. The van der Waals surface area contributed by atoms with Crippen molar-refractivity contribution in [3.05, 3.63) is 47.7 Å². The average molecular weight is 401 g/mol. The fraction of sp³-hybridized carbons (Fsp3) is 0.222. The van der Waals surface area contributed by atoms with Gasteiger partial charge in [-0.25, -0.2) is 15.0 Å². The Kier molecular flexibility index (Phi) is 4.91. The van der Waals surface area contributed by atoms with Crippen molar-refractivity contribution in [2.45, 2.75) is 18.9 Å². The van der Waals surface area contributed by atoms with E-state index in [-0.39, 0.29) is 11.9 Å². The normalized spacial score (nSPS) is 16.5. The fourth-order valence-corrected chi connectivity index (χ4v) is 4.17. The maximum Gasteiger partial charge on any atom is 0.240 e. The number of hydrogen-bond acceptors (Lipinski definition) is 7. The lowest BCUT2D eigenvalue weighted by Gasteiger charge is -2.20. The van der Waals surface area contributed by atoms with Gasteiger partial charge in [-0.2, -0.15) is 0 Å². The topological polar surface area (TPSA) is 97.0 Å². The van der Waals surface area contributed by atoms with Crippen LogP contribution in [0.5, 0.6) is 0 Å². The summed E-state index contributed by atoms with van der Waals surface area (Å²) in [6.07, 6.45) is 5.12. The number of nitrogens with two attached hydrogens (primary N) is 1. The summed E-state index contributed by atoms with van der Waals surface area (Å²) < 4.78 is 0. The van der Waals surface area contributed by atoms with E-state index in [1.54, 1.807) is 24.5 Å². The third-order valence-corrected chi connectivity index (χ3v) is 5.59. The van der Waals surface area contributed by atoms with Gasteiger partial charge in [0.25, 0.3) is 0 Å². The molecule has 3 aromatic heterocycles. The molecule has 0 spiro atoms. The van der Waals surface area contributed by atoms with Crippen molar-refractivity contribution in [1.82, 2.24) is 15.0 Å². The number of halogens is 1. The summed E-state index contributed by atoms with van der Waals surface area (Å²) in [6, 6.07) is 8.86. The van der Waals surface area contributed by atoms with E-state index in [1.807, 2.05) is 23.1 Å². The van der Waals surface area contributed by atoms with Crippen molar-refractivity contribution < 1.29 is 4.79 Å². The highest BCUT2D eigenvalue weighted by atomic mass is 35.5. The summed E-state index contributed by atoms with van der Waals surface area (Å²) >= 11 is 7.49. The second-order valence-corrected chi connectivity index (χ2v) is 7.60. The number of hydrogen-bond donors (Lipinski definition) is 2. The number of thiazole rings is 1. The molecule has 138 valence electrons. The van der Waals surface area contributed by atoms with Crippen LogP contribution in [0.25, 0.3) is 10.6 Å². The van der Waals surface area contributed by atoms with Gasteiger partial charge in [-0.3, -0.25) is 4.79 Å². The van der Waals surface area contributed by atoms with Crippen LogP contribution in [0.15, 0.2) is 42.7 Å². The molecule has 1 unspecified atom stereocenters. The summed E-state index contributed by atoms with van der Waals surface area (Å²) in [5.41, 5.74) is 6.30. The standard InChI is InChI=1S/C18H17ClN6OS/c19-11-6-7-21-16(9-11)24-15-5-1-3-12(23-15)14-10-22-18(27-14)25-8-2-4-13(25)17(20)26/h1,3,5-7,9-10,13H,2,4,8H2,(H2,20,26)(H,21,23,24). The number of aromatic nitrogens is 3. The third kappa shape index (κ3) is 3.86. The van der Waals surface area contributed by atoms with E-state index in [9.17, 15) is 4.79 Å². The van der Waals surface area contributed by atoms with Gasteiger partial charge >= 0.3 is 0 Å². The smallest absolute Gasteiger partial charge is 0.240 e. The van der Waals surface area contributed by atoms with Gasteiger partial charge in [0.15, 0.2) is 5.13 Å². The number of amides is 1. The van der Waals surface area contributed by atoms with Crippen molar-refractivity contribution in [3.8, 4) is 10.6 Å². The van der Waals surface area contributed by atoms with Crippen LogP contribution in [0.4, 0.5) is 16.8 Å². The monoisotopic (exact) mass is 400 g/mol. The number of nitrogens with zero attached hydrogens (tertiary/aromatic N) is 4. The molecule has 7 nitrogen and oxygen atoms in total. The predicted octanol–water partition coefficient (Wildman–Crippen LogP) is 3.45. The molecule has 3 N–H and O–H groups in total. The molecule has 1 aliphatic heterocycles. The molecule has 4 heterocycles. The molecule has 0 bridgehead atoms. The highest BCUT2D eigenvalue weighted by Gasteiger charge is 2.31. The molecule has 1 amide bonds. The van der Waals surface area contributed by atoms with Gasteiger partial charge in [-0.05, 0) is 37.1 Å². The van der Waals surface area contributed by atoms with Gasteiger partial charge in [-0.1, -0.05) is 29.0 Å². The first-order valence-electron chi connectivity index (χ1n) is 8.48. The third-order valence-electron chi connectivity index (χ3n) is 4.30. The Morgan fingerprint density at radius 2 is 2.19 bits per heavy atom. The molecule has 0 aromatic carbocycles. The van der Waals surface area contributed by atoms with Gasteiger partial charge in [0.1, 0.15) is 17.7 Å². The number of nitrogens with one attached hydrogen (secondary N) is 1. The molecule has 1 saturated heterocycles. The zero-order valence-electron chi connectivity index (χ0n) is 14.3. The Bertz CT molecular complexity index is 978. The average Bonchev–Trinajstić information content (AvgIpc) is 3.31. The maximum atomic E-state index is 11.6. The number of carbonyl (C=O) groups excluding carboxylic acids is 1. The van der Waals surface area contributed by atoms with Crippen LogP contribution >= 0.6 is 22.9 Å². The van der Waals surface area contributed by atoms with E-state index >= 15 is 0 Å². The molecule has 0 radical (unpaired) electrons. The number of pyridine rings is 2. The largest absolute Gasteiger partial charge is 0.368 e. The molecule has 4 rings (SSSR count). The quantitative estimate of drug-likeness (QED) is 0.680. The zero-order valence-corrected chi connectivity index (χ0v) is 15.9. The van der Waals surface area contributed by atoms with Crippen molar-refractivity contribution in [3.63, 3.8) is 0 Å². The van der Waals surface area contributed by atoms with E-state index in [0.717, 1.165) is 35.1 Å². The summed E-state index contributed by atoms with van der Waals surface area (Å²) in [6.45, 7) is 0.788. The van der Waals surface area contributed by atoms with E-state index in [0.29, 0.717) is 16.7 Å². The first-order valence-corrected chi connectivity index (χ1v) is 9.67. The minimum atomic E-state index is -0.303. The second kappa shape index (κ2) is 7.50. The van der Waals surface area contributed by atoms with E-state index in [1.165, 1.54) is 11.3 Å². The zero-order chi connectivity index (χ0) is 18.8. The molecule has 1 aliphatic rings. The van der Waals surface area contributed by atoms with E-state index in [4.69, 9.17) is 17.3 Å². The number of anilines is 3. The van der Waals surface area contributed by atoms with Gasteiger partial charge < -0.3 is 16.0 Å². The molecule has 1 atom stereocenters. The van der Waals surface area contributed by atoms with Crippen molar-refractivity contribution in [1.29, 1.82) is 0 Å². The second-order valence-electron chi connectivity index (χ2n) is 6.15. The van der Waals surface area contributed by atoms with Crippen LogP contribution in [0.3, 0.4) is 0 Å². The Morgan fingerprint density at radius 3 is 3.00 bits per heavy atom. The maximum absolute atomic E-state index is 11.6. The van der Waals surface area contributed by atoms with Gasteiger partial charge in [0.2, 0.25) is 5.91 Å². The lowest BCUT2D eigenvalue weighted by Crippen LogP contribution is -2.40. The van der Waals surface area contributed by atoms with Crippen LogP contribution in [0.1, 0.15) is 12.8 Å². The van der Waals surface area contributed by atoms with Crippen LogP contribution in [-0.2, 0) is 4.79 Å². The molecule has 0 aliphatic carbocycles. The number of primary amides is 1. The highest BCUT2D eigenvalue weighted by molar-refractivity contribution is 7.18. The Labute approximate surface area is 165 Å². The molecule has 27 heavy (non-hydrogen) atoms. The molecular weight excluding hydrogens is 384 g/mol. The molecule has 1 fully saturated rings. The predicted molar refractivity (Wildman–Crippen MR) is 107 cm³/mol. The van der Waals surface area contributed by atoms with Crippen LogP contribution in [-0.4, -0.2) is 33.4 Å². The number of rotatable bonds is 5. The van der Waals surface area contributed by atoms with Gasteiger partial charge in [0, 0.05) is 24.0 Å². The van der Waals surface area contributed by atoms with Gasteiger partial charge in [0.05, 0.1) is 10.6 Å². The lowest BCUT2D eigenvalue weighted by atomic mass is 10.2. The minimum Gasteiger partial charge on any atom is -0.368 e. The Morgan fingerprint density at radius 1 is 1.30 bits per heavy atom. The van der Waals surface area contributed by atoms with Gasteiger partial charge in [-0.15, -0.1) is 0 Å². The molecular formula is C18H17ClN6OS. The molecule has 3 aromatic rings. The van der Waals surface area contributed by atoms with Crippen LogP contribution in [0, 0.1) is 0 Å². The highest BCUT2D eigenvalue weighted by Crippen LogP contribution is 2.34. The van der Waals surface area contributed by atoms with Crippen molar-refractivity contribution >= 4 is 45.6 Å². The Hall–Kier alpha value is -2.71. The summed E-state index contributed by atoms with van der Waals surface area (Å²) in [7, 11) is 0.